The number of likely N-dealkylation sites (N-methyl/N-ethyl adjacent to an activating group) is 1. The van der Waals surface area contributed by atoms with Gasteiger partial charge in [-0.3, -0.25) is 19.2 Å². The lowest BCUT2D eigenvalue weighted by Gasteiger charge is -2.42. The zero-order valence-corrected chi connectivity index (χ0v) is 33.2. The van der Waals surface area contributed by atoms with E-state index in [4.69, 9.17) is 4.74 Å². The lowest BCUT2D eigenvalue weighted by molar-refractivity contribution is -0.145. The van der Waals surface area contributed by atoms with Crippen LogP contribution in [0.3, 0.4) is 0 Å². The number of hydrogen-bond donors (Lipinski definition) is 4. The summed E-state index contributed by atoms with van der Waals surface area (Å²) in [5.41, 5.74) is -1.93. The fourth-order valence-corrected chi connectivity index (χ4v) is 11.2. The van der Waals surface area contributed by atoms with E-state index in [-0.39, 0.29) is 29.5 Å². The molecule has 5 amide bonds. The number of carbonyl (C=O) groups is 5. The first-order valence-electron chi connectivity index (χ1n) is 19.6. The molecule has 0 spiro atoms. The monoisotopic (exact) mass is 749 g/mol. The minimum atomic E-state index is -3.62. The van der Waals surface area contributed by atoms with Gasteiger partial charge < -0.3 is 30.9 Å². The average Bonchev–Trinajstić information content (AvgIpc) is 3.93. The number of hydrogen-bond acceptors (Lipinski definition) is 8. The van der Waals surface area contributed by atoms with Crippen molar-refractivity contribution < 1.29 is 37.1 Å². The third-order valence-electron chi connectivity index (χ3n) is 12.9. The van der Waals surface area contributed by atoms with Gasteiger partial charge in [0.05, 0.1) is 22.1 Å². The Labute approximate surface area is 310 Å². The summed E-state index contributed by atoms with van der Waals surface area (Å²) >= 11 is 0. The van der Waals surface area contributed by atoms with Gasteiger partial charge in [-0.1, -0.05) is 66.7 Å². The fourth-order valence-electron chi connectivity index (χ4n) is 8.96. The molecule has 0 aromatic rings. The highest BCUT2D eigenvalue weighted by Crippen LogP contribution is 2.65. The van der Waals surface area contributed by atoms with Crippen LogP contribution in [-0.2, 0) is 33.8 Å². The summed E-state index contributed by atoms with van der Waals surface area (Å²) in [5.74, 6) is -2.06. The molecule has 4 N–H and O–H groups in total. The van der Waals surface area contributed by atoms with Crippen LogP contribution in [0.15, 0.2) is 0 Å². The van der Waals surface area contributed by atoms with E-state index in [0.717, 1.165) is 38.5 Å². The lowest BCUT2D eigenvalue weighted by Crippen LogP contribution is -2.64. The number of Topliss-reactive ketones (excluding diaryl/α,β-unsaturated/α-hetero) is 1. The lowest BCUT2D eigenvalue weighted by atomic mass is 9.83. The highest BCUT2D eigenvalue weighted by Gasteiger charge is 2.70. The summed E-state index contributed by atoms with van der Waals surface area (Å²) in [7, 11) is -3.62. The molecule has 2 heterocycles. The minimum Gasteiger partial charge on any atom is -0.381 e. The minimum absolute atomic E-state index is 0.0629. The van der Waals surface area contributed by atoms with Crippen LogP contribution in [0.2, 0.25) is 0 Å². The highest BCUT2D eigenvalue weighted by molar-refractivity contribution is 7.92. The zero-order valence-electron chi connectivity index (χ0n) is 32.4. The zero-order chi connectivity index (χ0) is 38.3. The fraction of sp³-hybridized carbons (Fsp3) is 0.868. The molecule has 13 nitrogen and oxygen atoms in total. The highest BCUT2D eigenvalue weighted by atomic mass is 32.2. The Hall–Kier alpha value is -2.74. The van der Waals surface area contributed by atoms with E-state index in [1.807, 2.05) is 20.8 Å². The molecule has 5 aliphatic rings. The summed E-state index contributed by atoms with van der Waals surface area (Å²) in [6, 6.07) is -3.51. The van der Waals surface area contributed by atoms with Gasteiger partial charge in [-0.25, -0.2) is 13.2 Å². The number of urea groups is 1. The van der Waals surface area contributed by atoms with Crippen molar-refractivity contribution in [3.8, 4) is 0 Å². The SMILES string of the molecule is CCNC(=O)C(=O)[C@H](CCC1CC1)NC(=O)[C@@H]1[C@@H]2[C@H](CN1C(=O)[C@@H](NC(=O)NC1(CS(=O)(=O)C3(C)CCOCC3)CCCCC1)C(C)(C)C)C2(C)C. The quantitative estimate of drug-likeness (QED) is 0.196. The van der Waals surface area contributed by atoms with Crippen molar-refractivity contribution >= 4 is 39.4 Å². The van der Waals surface area contributed by atoms with Gasteiger partial charge in [0.25, 0.3) is 5.91 Å². The molecular weight excluding hydrogens is 687 g/mol. The second kappa shape index (κ2) is 15.2. The largest absolute Gasteiger partial charge is 0.381 e. The van der Waals surface area contributed by atoms with Gasteiger partial charge in [0.15, 0.2) is 9.84 Å². The molecule has 52 heavy (non-hydrogen) atoms. The molecule has 294 valence electrons. The van der Waals surface area contributed by atoms with Crippen LogP contribution in [0.25, 0.3) is 0 Å². The van der Waals surface area contributed by atoms with E-state index in [9.17, 15) is 32.4 Å². The number of nitrogens with one attached hydrogen (secondary N) is 4. The second-order valence-corrected chi connectivity index (χ2v) is 20.8. The van der Waals surface area contributed by atoms with E-state index in [2.05, 4.69) is 35.1 Å². The summed E-state index contributed by atoms with van der Waals surface area (Å²) in [6.45, 7) is 14.5. The number of rotatable bonds is 14. The first kappa shape index (κ1) is 40.4. The van der Waals surface area contributed by atoms with Gasteiger partial charge in [0.2, 0.25) is 17.6 Å². The molecule has 0 radical (unpaired) electrons. The molecular formula is C38H63N5O8S. The molecule has 3 aliphatic carbocycles. The number of ketones is 1. The Morgan fingerprint density at radius 2 is 1.56 bits per heavy atom. The summed E-state index contributed by atoms with van der Waals surface area (Å²) in [5, 5.41) is 11.4. The number of likely N-dealkylation sites (tertiary alicyclic amines) is 1. The normalized spacial score (nSPS) is 27.4. The van der Waals surface area contributed by atoms with E-state index in [1.165, 1.54) is 0 Å². The molecule has 5 rings (SSSR count). The average molecular weight is 750 g/mol. The Morgan fingerprint density at radius 3 is 2.13 bits per heavy atom. The van der Waals surface area contributed by atoms with Gasteiger partial charge in [0, 0.05) is 26.3 Å². The van der Waals surface area contributed by atoms with E-state index < -0.39 is 73.2 Å². The maximum absolute atomic E-state index is 14.6. The number of fused-ring (bicyclic) bond motifs is 1. The van der Waals surface area contributed by atoms with Gasteiger partial charge in [0.1, 0.15) is 12.1 Å². The number of piperidine rings is 1. The van der Waals surface area contributed by atoms with Crippen LogP contribution < -0.4 is 21.3 Å². The van der Waals surface area contributed by atoms with Crippen molar-refractivity contribution in [1.82, 2.24) is 26.2 Å². The van der Waals surface area contributed by atoms with Crippen LogP contribution in [-0.4, -0.2) is 103 Å². The number of nitrogens with zero attached hydrogens (tertiary/aromatic N) is 1. The van der Waals surface area contributed by atoms with Crippen LogP contribution >= 0.6 is 0 Å². The molecule has 14 heteroatoms. The summed E-state index contributed by atoms with van der Waals surface area (Å²) in [6.07, 6.45) is 7.57. The van der Waals surface area contributed by atoms with E-state index >= 15 is 0 Å². The maximum atomic E-state index is 14.6. The Kier molecular flexibility index (Phi) is 11.8. The smallest absolute Gasteiger partial charge is 0.315 e. The van der Waals surface area contributed by atoms with Gasteiger partial charge in [-0.15, -0.1) is 0 Å². The van der Waals surface area contributed by atoms with Crippen molar-refractivity contribution in [2.75, 3.05) is 32.1 Å². The van der Waals surface area contributed by atoms with E-state index in [0.29, 0.717) is 57.8 Å². The first-order chi connectivity index (χ1) is 24.3. The Bertz CT molecular complexity index is 1490. The number of ether oxygens (including phenoxy) is 1. The number of carbonyl (C=O) groups excluding carboxylic acids is 5. The van der Waals surface area contributed by atoms with Crippen LogP contribution in [0.5, 0.6) is 0 Å². The van der Waals surface area contributed by atoms with E-state index in [1.54, 1.807) is 18.7 Å². The third-order valence-corrected chi connectivity index (χ3v) is 15.7. The molecule has 0 unspecified atom stereocenters. The van der Waals surface area contributed by atoms with Gasteiger partial charge >= 0.3 is 6.03 Å². The second-order valence-electron chi connectivity index (χ2n) is 18.3. The van der Waals surface area contributed by atoms with Crippen molar-refractivity contribution in [1.29, 1.82) is 0 Å². The van der Waals surface area contributed by atoms with Crippen molar-refractivity contribution in [2.45, 2.75) is 148 Å². The molecule has 2 saturated heterocycles. The van der Waals surface area contributed by atoms with Crippen molar-refractivity contribution in [3.05, 3.63) is 0 Å². The predicted octanol–water partition coefficient (Wildman–Crippen LogP) is 3.25. The standard InChI is InChI=1S/C38H63N5O8S/c1-8-39-32(46)29(44)26(15-14-24-12-13-24)40-31(45)28-27-25(36(27,5)6)22-43(28)33(47)30(35(2,3)4)41-34(48)42-38(16-10-9-11-17-38)23-52(49,50)37(7)18-20-51-21-19-37/h24-28,30H,8-23H2,1-7H3,(H,39,46)(H,40,45)(H2,41,42,48)/t25-,26-,27-,28-,30+/m0/s1. The van der Waals surface area contributed by atoms with Gasteiger partial charge in [-0.05, 0) is 81.0 Å². The van der Waals surface area contributed by atoms with Crippen molar-refractivity contribution in [2.24, 2.45) is 28.6 Å². The molecule has 5 atom stereocenters. The molecule has 0 aromatic heterocycles. The molecule has 5 fully saturated rings. The molecule has 3 saturated carbocycles. The Morgan fingerprint density at radius 1 is 0.923 bits per heavy atom. The van der Waals surface area contributed by atoms with Crippen LogP contribution in [0, 0.1) is 28.6 Å². The third kappa shape index (κ3) is 8.63. The topological polar surface area (TPSA) is 180 Å². The maximum Gasteiger partial charge on any atom is 0.315 e. The van der Waals surface area contributed by atoms with Gasteiger partial charge in [-0.2, -0.15) is 0 Å². The molecule has 0 bridgehead atoms. The molecule has 2 aliphatic heterocycles. The van der Waals surface area contributed by atoms with Crippen LogP contribution in [0.4, 0.5) is 4.79 Å². The number of amides is 5. The van der Waals surface area contributed by atoms with Crippen molar-refractivity contribution in [3.63, 3.8) is 0 Å². The predicted molar refractivity (Wildman–Crippen MR) is 197 cm³/mol. The summed E-state index contributed by atoms with van der Waals surface area (Å²) in [4.78, 5) is 70.0. The summed E-state index contributed by atoms with van der Waals surface area (Å²) < 4.78 is 32.3. The Balaban J connectivity index is 1.34. The number of sulfone groups is 1. The van der Waals surface area contributed by atoms with Crippen LogP contribution in [0.1, 0.15) is 119 Å². The first-order valence-corrected chi connectivity index (χ1v) is 21.2. The molecule has 0 aromatic carbocycles.